The van der Waals surface area contributed by atoms with Crippen molar-refractivity contribution >= 4 is 5.91 Å². The topological polar surface area (TPSA) is 49.6 Å². The number of hydrogen-bond acceptors (Lipinski definition) is 3. The molecule has 0 aromatic heterocycles. The molecule has 0 spiro atoms. The lowest BCUT2D eigenvalue weighted by Crippen LogP contribution is -2.47. The first-order valence-corrected chi connectivity index (χ1v) is 7.91. The van der Waals surface area contributed by atoms with Gasteiger partial charge in [-0.05, 0) is 44.2 Å². The van der Waals surface area contributed by atoms with Gasteiger partial charge in [0.25, 0.3) is 0 Å². The minimum Gasteiger partial charge on any atom is -0.342 e. The van der Waals surface area contributed by atoms with Crippen LogP contribution in [0.25, 0.3) is 0 Å². The van der Waals surface area contributed by atoms with Crippen molar-refractivity contribution < 1.29 is 4.79 Å². The molecule has 0 bridgehead atoms. The maximum atomic E-state index is 12.3. The molecule has 2 rings (SSSR count). The first kappa shape index (κ1) is 14.8. The van der Waals surface area contributed by atoms with E-state index in [4.69, 9.17) is 5.73 Å². The number of rotatable bonds is 3. The molecular formula is C15H29N3O. The summed E-state index contributed by atoms with van der Waals surface area (Å²) in [6.45, 7) is 7.66. The fourth-order valence-electron chi connectivity index (χ4n) is 3.39. The van der Waals surface area contributed by atoms with Gasteiger partial charge >= 0.3 is 0 Å². The lowest BCUT2D eigenvalue weighted by Gasteiger charge is -2.36. The van der Waals surface area contributed by atoms with E-state index in [1.807, 2.05) is 0 Å². The Kier molecular flexibility index (Phi) is 5.64. The van der Waals surface area contributed by atoms with Gasteiger partial charge in [-0.2, -0.15) is 0 Å². The fourth-order valence-corrected chi connectivity index (χ4v) is 3.39. The molecule has 0 aromatic carbocycles. The molecule has 2 fully saturated rings. The summed E-state index contributed by atoms with van der Waals surface area (Å²) in [6.07, 6.45) is 6.06. The second-order valence-electron chi connectivity index (χ2n) is 6.29. The zero-order valence-corrected chi connectivity index (χ0v) is 12.3. The third kappa shape index (κ3) is 4.18. The molecule has 2 aliphatic rings. The first-order chi connectivity index (χ1) is 9.20. The molecule has 0 aromatic rings. The summed E-state index contributed by atoms with van der Waals surface area (Å²) in [6, 6.07) is 0. The zero-order chi connectivity index (χ0) is 13.7. The highest BCUT2D eigenvalue weighted by molar-refractivity contribution is 5.78. The SMILES string of the molecule is CC1CN(CC(=O)N2CCCCCC2)CCC1CN. The van der Waals surface area contributed by atoms with Crippen LogP contribution in [0, 0.1) is 11.8 Å². The van der Waals surface area contributed by atoms with Crippen molar-refractivity contribution in [2.24, 2.45) is 17.6 Å². The predicted molar refractivity (Wildman–Crippen MR) is 77.8 cm³/mol. The molecule has 1 amide bonds. The molecule has 19 heavy (non-hydrogen) atoms. The Labute approximate surface area is 117 Å². The van der Waals surface area contributed by atoms with Crippen LogP contribution in [-0.4, -0.2) is 55.0 Å². The molecule has 4 nitrogen and oxygen atoms in total. The Morgan fingerprint density at radius 3 is 2.42 bits per heavy atom. The second-order valence-corrected chi connectivity index (χ2v) is 6.29. The van der Waals surface area contributed by atoms with Crippen LogP contribution < -0.4 is 5.73 Å². The monoisotopic (exact) mass is 267 g/mol. The van der Waals surface area contributed by atoms with Gasteiger partial charge < -0.3 is 10.6 Å². The van der Waals surface area contributed by atoms with E-state index in [9.17, 15) is 4.79 Å². The van der Waals surface area contributed by atoms with Gasteiger partial charge in [-0.3, -0.25) is 9.69 Å². The van der Waals surface area contributed by atoms with Gasteiger partial charge in [-0.1, -0.05) is 19.8 Å². The van der Waals surface area contributed by atoms with Crippen molar-refractivity contribution in [2.45, 2.75) is 39.0 Å². The molecule has 4 heteroatoms. The van der Waals surface area contributed by atoms with Gasteiger partial charge in [0, 0.05) is 19.6 Å². The molecule has 2 N–H and O–H groups in total. The number of carbonyl (C=O) groups is 1. The average molecular weight is 267 g/mol. The van der Waals surface area contributed by atoms with E-state index in [0.717, 1.165) is 39.1 Å². The van der Waals surface area contributed by atoms with Crippen molar-refractivity contribution in [1.82, 2.24) is 9.80 Å². The third-order valence-corrected chi connectivity index (χ3v) is 4.79. The van der Waals surface area contributed by atoms with Crippen LogP contribution in [0.5, 0.6) is 0 Å². The Morgan fingerprint density at radius 2 is 1.84 bits per heavy atom. The Hall–Kier alpha value is -0.610. The molecule has 2 atom stereocenters. The fraction of sp³-hybridized carbons (Fsp3) is 0.933. The molecule has 0 aliphatic carbocycles. The van der Waals surface area contributed by atoms with E-state index >= 15 is 0 Å². The van der Waals surface area contributed by atoms with E-state index < -0.39 is 0 Å². The van der Waals surface area contributed by atoms with Crippen molar-refractivity contribution in [3.05, 3.63) is 0 Å². The number of hydrogen-bond donors (Lipinski definition) is 1. The molecule has 2 aliphatic heterocycles. The van der Waals surface area contributed by atoms with Gasteiger partial charge in [-0.15, -0.1) is 0 Å². The Morgan fingerprint density at radius 1 is 1.16 bits per heavy atom. The number of nitrogens with two attached hydrogens (primary N) is 1. The maximum Gasteiger partial charge on any atom is 0.236 e. The van der Waals surface area contributed by atoms with Crippen molar-refractivity contribution in [1.29, 1.82) is 0 Å². The number of amides is 1. The van der Waals surface area contributed by atoms with Crippen LogP contribution in [0.15, 0.2) is 0 Å². The summed E-state index contributed by atoms with van der Waals surface area (Å²) in [5.74, 6) is 1.60. The van der Waals surface area contributed by atoms with Gasteiger partial charge in [0.05, 0.1) is 6.54 Å². The first-order valence-electron chi connectivity index (χ1n) is 7.91. The number of piperidine rings is 1. The summed E-state index contributed by atoms with van der Waals surface area (Å²) in [5, 5.41) is 0. The van der Waals surface area contributed by atoms with Gasteiger partial charge in [-0.25, -0.2) is 0 Å². The van der Waals surface area contributed by atoms with Crippen LogP contribution >= 0.6 is 0 Å². The van der Waals surface area contributed by atoms with Crippen LogP contribution in [0.3, 0.4) is 0 Å². The van der Waals surface area contributed by atoms with Crippen LogP contribution in [0.4, 0.5) is 0 Å². The minimum absolute atomic E-state index is 0.334. The summed E-state index contributed by atoms with van der Waals surface area (Å²) >= 11 is 0. The van der Waals surface area contributed by atoms with E-state index in [1.54, 1.807) is 0 Å². The zero-order valence-electron chi connectivity index (χ0n) is 12.3. The quantitative estimate of drug-likeness (QED) is 0.838. The summed E-state index contributed by atoms with van der Waals surface area (Å²) < 4.78 is 0. The summed E-state index contributed by atoms with van der Waals surface area (Å²) in [5.41, 5.74) is 5.78. The number of likely N-dealkylation sites (tertiary alicyclic amines) is 2. The van der Waals surface area contributed by atoms with Crippen LogP contribution in [0.2, 0.25) is 0 Å². The molecule has 2 unspecified atom stereocenters. The normalized spacial score (nSPS) is 30.1. The number of carbonyl (C=O) groups excluding carboxylic acids is 1. The summed E-state index contributed by atoms with van der Waals surface area (Å²) in [4.78, 5) is 16.7. The van der Waals surface area contributed by atoms with E-state index in [1.165, 1.54) is 25.7 Å². The second kappa shape index (κ2) is 7.25. The van der Waals surface area contributed by atoms with Crippen molar-refractivity contribution in [2.75, 3.05) is 39.3 Å². The largest absolute Gasteiger partial charge is 0.342 e. The van der Waals surface area contributed by atoms with E-state index in [-0.39, 0.29) is 0 Å². The number of nitrogens with zero attached hydrogens (tertiary/aromatic N) is 2. The Bertz CT molecular complexity index is 287. The molecule has 110 valence electrons. The molecule has 2 heterocycles. The molecular weight excluding hydrogens is 238 g/mol. The predicted octanol–water partition coefficient (Wildman–Crippen LogP) is 1.31. The van der Waals surface area contributed by atoms with Crippen LogP contribution in [-0.2, 0) is 4.79 Å². The van der Waals surface area contributed by atoms with Gasteiger partial charge in [0.1, 0.15) is 0 Å². The molecule has 0 radical (unpaired) electrons. The standard InChI is InChI=1S/C15H29N3O/c1-13-11-17(9-6-14(13)10-16)12-15(19)18-7-4-2-3-5-8-18/h13-14H,2-12,16H2,1H3. The minimum atomic E-state index is 0.334. The lowest BCUT2D eigenvalue weighted by atomic mass is 9.87. The molecule has 0 saturated carbocycles. The third-order valence-electron chi connectivity index (χ3n) is 4.79. The lowest BCUT2D eigenvalue weighted by molar-refractivity contribution is -0.133. The van der Waals surface area contributed by atoms with Crippen molar-refractivity contribution in [3.8, 4) is 0 Å². The smallest absolute Gasteiger partial charge is 0.236 e. The van der Waals surface area contributed by atoms with E-state index in [2.05, 4.69) is 16.7 Å². The highest BCUT2D eigenvalue weighted by atomic mass is 16.2. The highest BCUT2D eigenvalue weighted by Gasteiger charge is 2.27. The molecule has 2 saturated heterocycles. The Balaban J connectivity index is 1.79. The highest BCUT2D eigenvalue weighted by Crippen LogP contribution is 2.22. The van der Waals surface area contributed by atoms with Gasteiger partial charge in [0.2, 0.25) is 5.91 Å². The summed E-state index contributed by atoms with van der Waals surface area (Å²) in [7, 11) is 0. The van der Waals surface area contributed by atoms with E-state index in [0.29, 0.717) is 24.3 Å². The average Bonchev–Trinajstić information content (AvgIpc) is 2.68. The maximum absolute atomic E-state index is 12.3. The van der Waals surface area contributed by atoms with Gasteiger partial charge in [0.15, 0.2) is 0 Å². The van der Waals surface area contributed by atoms with Crippen molar-refractivity contribution in [3.63, 3.8) is 0 Å². The van der Waals surface area contributed by atoms with Crippen LogP contribution in [0.1, 0.15) is 39.0 Å².